The van der Waals surface area contributed by atoms with Crippen LogP contribution in [0.25, 0.3) is 12.2 Å². The molecular weight excluding hydrogens is 156 g/mol. The van der Waals surface area contributed by atoms with Gasteiger partial charge in [0.15, 0.2) is 6.29 Å². The second-order valence-corrected chi connectivity index (χ2v) is 3.11. The number of hydrogen-bond acceptors (Lipinski definition) is 2. The van der Waals surface area contributed by atoms with Gasteiger partial charge in [0.05, 0.1) is 4.88 Å². The number of carbonyl (C=O) groups is 1. The summed E-state index contributed by atoms with van der Waals surface area (Å²) in [5.41, 5.74) is 0.979. The molecule has 1 heterocycles. The van der Waals surface area contributed by atoms with E-state index in [1.54, 1.807) is 12.2 Å². The van der Waals surface area contributed by atoms with Crippen molar-refractivity contribution in [2.75, 3.05) is 0 Å². The Labute approximate surface area is 69.7 Å². The summed E-state index contributed by atoms with van der Waals surface area (Å²) in [7, 11) is 0. The average Bonchev–Trinajstić information content (AvgIpc) is 2.46. The fourth-order valence-electron chi connectivity index (χ4n) is 0.817. The van der Waals surface area contributed by atoms with Crippen LogP contribution in [-0.2, 0) is 0 Å². The smallest absolute Gasteiger partial charge is 0.160 e. The summed E-state index contributed by atoms with van der Waals surface area (Å²) in [5, 5.41) is 0. The molecule has 0 bridgehead atoms. The van der Waals surface area contributed by atoms with Crippen molar-refractivity contribution in [2.45, 2.75) is 0 Å². The molecule has 0 radical (unpaired) electrons. The first-order valence-electron chi connectivity index (χ1n) is 3.15. The van der Waals surface area contributed by atoms with Crippen molar-refractivity contribution < 1.29 is 4.79 Å². The molecule has 0 atom stereocenters. The van der Waals surface area contributed by atoms with Gasteiger partial charge in [-0.2, -0.15) is 0 Å². The standard InChI is InChI=1S/C9H8OS/c1-3-7-5-8(6-10)11-9(7)4-2/h3-6H,1-2H2. The molecule has 0 aliphatic heterocycles. The number of rotatable bonds is 3. The second kappa shape index (κ2) is 3.30. The van der Waals surface area contributed by atoms with Crippen molar-refractivity contribution in [2.24, 2.45) is 0 Å². The third-order valence-corrected chi connectivity index (χ3v) is 2.40. The summed E-state index contributed by atoms with van der Waals surface area (Å²) in [6.45, 7) is 7.26. The van der Waals surface area contributed by atoms with Crippen LogP contribution in [0, 0.1) is 0 Å². The zero-order valence-corrected chi connectivity index (χ0v) is 6.86. The van der Waals surface area contributed by atoms with E-state index in [0.717, 1.165) is 21.6 Å². The van der Waals surface area contributed by atoms with E-state index in [0.29, 0.717) is 0 Å². The molecule has 0 fully saturated rings. The highest BCUT2D eigenvalue weighted by atomic mass is 32.1. The fourth-order valence-corrected chi connectivity index (χ4v) is 1.65. The van der Waals surface area contributed by atoms with Gasteiger partial charge < -0.3 is 0 Å². The van der Waals surface area contributed by atoms with E-state index < -0.39 is 0 Å². The molecular formula is C9H8OS. The minimum atomic E-state index is 0.717. The Balaban J connectivity index is 3.21. The maximum absolute atomic E-state index is 10.3. The Morgan fingerprint density at radius 3 is 2.45 bits per heavy atom. The molecule has 0 amide bonds. The Morgan fingerprint density at radius 1 is 1.36 bits per heavy atom. The van der Waals surface area contributed by atoms with Crippen LogP contribution >= 0.6 is 11.3 Å². The highest BCUT2D eigenvalue weighted by molar-refractivity contribution is 7.14. The molecule has 1 rings (SSSR count). The topological polar surface area (TPSA) is 17.1 Å². The minimum Gasteiger partial charge on any atom is -0.297 e. The quantitative estimate of drug-likeness (QED) is 0.628. The molecule has 1 aromatic rings. The van der Waals surface area contributed by atoms with Crippen LogP contribution in [-0.4, -0.2) is 6.29 Å². The zero-order chi connectivity index (χ0) is 8.27. The van der Waals surface area contributed by atoms with Crippen molar-refractivity contribution in [1.29, 1.82) is 0 Å². The molecule has 0 saturated carbocycles. The lowest BCUT2D eigenvalue weighted by Crippen LogP contribution is -1.66. The molecule has 0 saturated heterocycles. The van der Waals surface area contributed by atoms with Crippen molar-refractivity contribution in [1.82, 2.24) is 0 Å². The molecule has 56 valence electrons. The Kier molecular flexibility index (Phi) is 2.39. The van der Waals surface area contributed by atoms with Crippen LogP contribution in [0.5, 0.6) is 0 Å². The van der Waals surface area contributed by atoms with Gasteiger partial charge in [-0.3, -0.25) is 4.79 Å². The molecule has 0 N–H and O–H groups in total. The van der Waals surface area contributed by atoms with Gasteiger partial charge in [0, 0.05) is 4.88 Å². The van der Waals surface area contributed by atoms with Gasteiger partial charge >= 0.3 is 0 Å². The van der Waals surface area contributed by atoms with E-state index in [-0.39, 0.29) is 0 Å². The highest BCUT2D eigenvalue weighted by Gasteiger charge is 2.01. The number of thiophene rings is 1. The van der Waals surface area contributed by atoms with Gasteiger partial charge in [0.2, 0.25) is 0 Å². The van der Waals surface area contributed by atoms with Crippen molar-refractivity contribution in [3.63, 3.8) is 0 Å². The van der Waals surface area contributed by atoms with E-state index in [1.165, 1.54) is 11.3 Å². The summed E-state index contributed by atoms with van der Waals surface area (Å²) in [4.78, 5) is 12.1. The maximum Gasteiger partial charge on any atom is 0.160 e. The van der Waals surface area contributed by atoms with Crippen LogP contribution < -0.4 is 0 Å². The molecule has 0 aliphatic carbocycles. The van der Waals surface area contributed by atoms with Crippen LogP contribution in [0.1, 0.15) is 20.1 Å². The first-order chi connectivity index (χ1) is 5.31. The molecule has 1 nitrogen and oxygen atoms in total. The zero-order valence-electron chi connectivity index (χ0n) is 6.04. The predicted octanol–water partition coefficient (Wildman–Crippen LogP) is 2.85. The second-order valence-electron chi connectivity index (χ2n) is 1.99. The van der Waals surface area contributed by atoms with E-state index in [9.17, 15) is 4.79 Å². The third kappa shape index (κ3) is 1.46. The first-order valence-corrected chi connectivity index (χ1v) is 3.97. The van der Waals surface area contributed by atoms with E-state index in [1.807, 2.05) is 6.07 Å². The summed E-state index contributed by atoms with van der Waals surface area (Å²) in [6, 6.07) is 1.81. The van der Waals surface area contributed by atoms with E-state index in [2.05, 4.69) is 13.2 Å². The summed E-state index contributed by atoms with van der Waals surface area (Å²) < 4.78 is 0. The third-order valence-electron chi connectivity index (χ3n) is 1.33. The largest absolute Gasteiger partial charge is 0.297 e. The highest BCUT2D eigenvalue weighted by Crippen LogP contribution is 2.22. The Hall–Kier alpha value is -1.15. The van der Waals surface area contributed by atoms with Gasteiger partial charge in [0.25, 0.3) is 0 Å². The number of aldehydes is 1. The molecule has 0 spiro atoms. The lowest BCUT2D eigenvalue weighted by atomic mass is 10.2. The van der Waals surface area contributed by atoms with Gasteiger partial charge in [-0.15, -0.1) is 11.3 Å². The van der Waals surface area contributed by atoms with Crippen molar-refractivity contribution in [3.05, 3.63) is 34.5 Å². The summed E-state index contributed by atoms with van der Waals surface area (Å²) in [5.74, 6) is 0. The predicted molar refractivity (Wildman–Crippen MR) is 49.9 cm³/mol. The van der Waals surface area contributed by atoms with Crippen molar-refractivity contribution >= 4 is 29.8 Å². The summed E-state index contributed by atoms with van der Waals surface area (Å²) >= 11 is 1.43. The monoisotopic (exact) mass is 164 g/mol. The molecule has 0 aliphatic rings. The van der Waals surface area contributed by atoms with Crippen LogP contribution in [0.4, 0.5) is 0 Å². The SMILES string of the molecule is C=Cc1cc(C=O)sc1C=C. The van der Waals surface area contributed by atoms with Crippen LogP contribution in [0.15, 0.2) is 19.2 Å². The van der Waals surface area contributed by atoms with Crippen molar-refractivity contribution in [3.8, 4) is 0 Å². The fraction of sp³-hybridized carbons (Fsp3) is 0. The molecule has 0 aromatic carbocycles. The first kappa shape index (κ1) is 7.95. The lowest BCUT2D eigenvalue weighted by molar-refractivity contribution is 0.112. The molecule has 11 heavy (non-hydrogen) atoms. The van der Waals surface area contributed by atoms with Gasteiger partial charge in [-0.05, 0) is 11.6 Å². The normalized spacial score (nSPS) is 9.09. The molecule has 2 heteroatoms. The van der Waals surface area contributed by atoms with E-state index in [4.69, 9.17) is 0 Å². The Bertz CT molecular complexity index is 271. The van der Waals surface area contributed by atoms with Gasteiger partial charge in [-0.1, -0.05) is 25.3 Å². The summed E-state index contributed by atoms with van der Waals surface area (Å²) in [6.07, 6.45) is 4.29. The van der Waals surface area contributed by atoms with Gasteiger partial charge in [0.1, 0.15) is 0 Å². The van der Waals surface area contributed by atoms with Gasteiger partial charge in [-0.25, -0.2) is 0 Å². The average molecular weight is 164 g/mol. The van der Waals surface area contributed by atoms with Crippen LogP contribution in [0.2, 0.25) is 0 Å². The number of hydrogen-bond donors (Lipinski definition) is 0. The minimum absolute atomic E-state index is 0.717. The lowest BCUT2D eigenvalue weighted by Gasteiger charge is -1.85. The molecule has 1 aromatic heterocycles. The number of carbonyl (C=O) groups excluding carboxylic acids is 1. The molecule has 0 unspecified atom stereocenters. The van der Waals surface area contributed by atoms with E-state index >= 15 is 0 Å². The van der Waals surface area contributed by atoms with Crippen LogP contribution in [0.3, 0.4) is 0 Å². The Morgan fingerprint density at radius 2 is 2.09 bits per heavy atom. The maximum atomic E-state index is 10.3.